The van der Waals surface area contributed by atoms with E-state index < -0.39 is 6.10 Å². The maximum absolute atomic E-state index is 13.8. The molecule has 1 aromatic carbocycles. The molecular formula is C13H15FN2OS. The fourth-order valence-electron chi connectivity index (χ4n) is 1.67. The molecule has 2 rings (SSSR count). The number of aromatic nitrogens is 1. The predicted octanol–water partition coefficient (Wildman–Crippen LogP) is 3.49. The number of aliphatic hydroxyl groups excluding tert-OH is 1. The molecule has 0 aliphatic carbocycles. The molecule has 96 valence electrons. The van der Waals surface area contributed by atoms with Gasteiger partial charge in [0.2, 0.25) is 0 Å². The number of hydrogen-bond donors (Lipinski definition) is 1. The van der Waals surface area contributed by atoms with Crippen LogP contribution >= 0.6 is 11.3 Å². The number of benzene rings is 1. The third kappa shape index (κ3) is 2.52. The van der Waals surface area contributed by atoms with Crippen molar-refractivity contribution in [2.24, 2.45) is 0 Å². The van der Waals surface area contributed by atoms with Crippen molar-refractivity contribution < 1.29 is 9.50 Å². The molecule has 1 unspecified atom stereocenters. The first-order valence-electron chi connectivity index (χ1n) is 5.79. The summed E-state index contributed by atoms with van der Waals surface area (Å²) in [5.74, 6) is -0.270. The highest BCUT2D eigenvalue weighted by Gasteiger charge is 2.16. The van der Waals surface area contributed by atoms with Gasteiger partial charge >= 0.3 is 0 Å². The molecule has 5 heteroatoms. The first-order chi connectivity index (χ1) is 8.63. The van der Waals surface area contributed by atoms with Gasteiger partial charge in [-0.3, -0.25) is 0 Å². The van der Waals surface area contributed by atoms with Crippen LogP contribution in [0.3, 0.4) is 0 Å². The van der Waals surface area contributed by atoms with E-state index in [1.54, 1.807) is 36.2 Å². The van der Waals surface area contributed by atoms with E-state index in [2.05, 4.69) is 4.98 Å². The summed E-state index contributed by atoms with van der Waals surface area (Å²) in [6, 6.07) is 6.61. The van der Waals surface area contributed by atoms with E-state index in [0.29, 0.717) is 17.4 Å². The molecule has 18 heavy (non-hydrogen) atoms. The normalized spacial score (nSPS) is 12.4. The van der Waals surface area contributed by atoms with Gasteiger partial charge in [0.25, 0.3) is 0 Å². The van der Waals surface area contributed by atoms with Gasteiger partial charge in [-0.05, 0) is 26.0 Å². The Bertz CT molecular complexity index is 527. The largest absolute Gasteiger partial charge is 0.388 e. The average Bonchev–Trinajstić information content (AvgIpc) is 2.82. The summed E-state index contributed by atoms with van der Waals surface area (Å²) in [7, 11) is 0. The fraction of sp³-hybridized carbons (Fsp3) is 0.308. The molecule has 2 aromatic rings. The summed E-state index contributed by atoms with van der Waals surface area (Å²) in [5.41, 5.74) is 0.506. The number of thiazole rings is 1. The second kappa shape index (κ2) is 5.46. The number of rotatable bonds is 4. The maximum atomic E-state index is 13.8. The number of para-hydroxylation sites is 1. The minimum absolute atomic E-state index is 0.270. The van der Waals surface area contributed by atoms with E-state index in [1.807, 2.05) is 6.92 Å². The van der Waals surface area contributed by atoms with Crippen molar-refractivity contribution in [3.8, 4) is 0 Å². The highest BCUT2D eigenvalue weighted by Crippen LogP contribution is 2.32. The fourth-order valence-corrected chi connectivity index (χ4v) is 2.60. The molecular weight excluding hydrogens is 251 g/mol. The molecule has 0 spiro atoms. The van der Waals surface area contributed by atoms with Crippen molar-refractivity contribution in [1.82, 2.24) is 4.98 Å². The minimum atomic E-state index is -0.546. The first-order valence-corrected chi connectivity index (χ1v) is 6.61. The highest BCUT2D eigenvalue weighted by atomic mass is 32.1. The van der Waals surface area contributed by atoms with Crippen molar-refractivity contribution in [2.75, 3.05) is 11.4 Å². The van der Waals surface area contributed by atoms with Crippen LogP contribution in [0.1, 0.15) is 24.8 Å². The van der Waals surface area contributed by atoms with Crippen LogP contribution in [-0.2, 0) is 0 Å². The molecule has 3 nitrogen and oxygen atoms in total. The summed E-state index contributed by atoms with van der Waals surface area (Å²) >= 11 is 1.38. The van der Waals surface area contributed by atoms with Gasteiger partial charge in [0.1, 0.15) is 5.82 Å². The molecule has 0 amide bonds. The molecule has 0 saturated heterocycles. The number of nitrogens with zero attached hydrogens (tertiary/aromatic N) is 2. The van der Waals surface area contributed by atoms with Gasteiger partial charge in [0.05, 0.1) is 16.7 Å². The molecule has 0 saturated carbocycles. The molecule has 0 bridgehead atoms. The van der Waals surface area contributed by atoms with Gasteiger partial charge in [-0.1, -0.05) is 23.5 Å². The molecule has 1 heterocycles. The van der Waals surface area contributed by atoms with Crippen LogP contribution in [0, 0.1) is 5.82 Å². The standard InChI is InChI=1S/C13H15FN2OS/c1-3-16(11-7-5-4-6-10(11)14)13-15-8-12(18-13)9(2)17/h4-9,17H,3H2,1-2H3. The van der Waals surface area contributed by atoms with E-state index >= 15 is 0 Å². The second-order valence-electron chi connectivity index (χ2n) is 3.92. The van der Waals surface area contributed by atoms with Gasteiger partial charge in [-0.25, -0.2) is 9.37 Å². The third-order valence-electron chi connectivity index (χ3n) is 2.61. The van der Waals surface area contributed by atoms with Gasteiger partial charge in [-0.15, -0.1) is 0 Å². The monoisotopic (exact) mass is 266 g/mol. The summed E-state index contributed by atoms with van der Waals surface area (Å²) in [6.45, 7) is 4.25. The molecule has 1 N–H and O–H groups in total. The van der Waals surface area contributed by atoms with E-state index in [9.17, 15) is 9.50 Å². The van der Waals surface area contributed by atoms with Crippen LogP contribution in [0.15, 0.2) is 30.5 Å². The Morgan fingerprint density at radius 1 is 1.44 bits per heavy atom. The third-order valence-corrected chi connectivity index (χ3v) is 3.80. The Hall–Kier alpha value is -1.46. The number of hydrogen-bond acceptors (Lipinski definition) is 4. The van der Waals surface area contributed by atoms with Crippen molar-refractivity contribution >= 4 is 22.2 Å². The Balaban J connectivity index is 2.36. The summed E-state index contributed by atoms with van der Waals surface area (Å²) in [6.07, 6.45) is 1.09. The zero-order valence-corrected chi connectivity index (χ0v) is 11.1. The summed E-state index contributed by atoms with van der Waals surface area (Å²) in [4.78, 5) is 6.82. The molecule has 0 fully saturated rings. The summed E-state index contributed by atoms with van der Waals surface area (Å²) < 4.78 is 13.8. The number of aliphatic hydroxyl groups is 1. The second-order valence-corrected chi connectivity index (χ2v) is 4.96. The van der Waals surface area contributed by atoms with Crippen molar-refractivity contribution in [2.45, 2.75) is 20.0 Å². The lowest BCUT2D eigenvalue weighted by Gasteiger charge is -2.20. The SMILES string of the molecule is CCN(c1ncc(C(C)O)s1)c1ccccc1F. The van der Waals surface area contributed by atoms with Crippen LogP contribution in [0.2, 0.25) is 0 Å². The first kappa shape index (κ1) is 13.0. The quantitative estimate of drug-likeness (QED) is 0.920. The molecule has 1 aromatic heterocycles. The lowest BCUT2D eigenvalue weighted by molar-refractivity contribution is 0.203. The topological polar surface area (TPSA) is 36.4 Å². The van der Waals surface area contributed by atoms with Crippen molar-refractivity contribution in [1.29, 1.82) is 0 Å². The summed E-state index contributed by atoms with van der Waals surface area (Å²) in [5, 5.41) is 10.2. The predicted molar refractivity (Wildman–Crippen MR) is 71.8 cm³/mol. The molecule has 0 aliphatic heterocycles. The van der Waals surface area contributed by atoms with E-state index in [-0.39, 0.29) is 5.82 Å². The Labute approximate surface area is 110 Å². The number of halogens is 1. The van der Waals surface area contributed by atoms with Crippen LogP contribution in [0.5, 0.6) is 0 Å². The van der Waals surface area contributed by atoms with Gasteiger partial charge in [-0.2, -0.15) is 0 Å². The minimum Gasteiger partial charge on any atom is -0.388 e. The Morgan fingerprint density at radius 3 is 2.72 bits per heavy atom. The van der Waals surface area contributed by atoms with Gasteiger partial charge in [0, 0.05) is 12.7 Å². The van der Waals surface area contributed by atoms with Crippen molar-refractivity contribution in [3.05, 3.63) is 41.2 Å². The Morgan fingerprint density at radius 2 is 2.17 bits per heavy atom. The van der Waals surface area contributed by atoms with Gasteiger partial charge < -0.3 is 10.0 Å². The zero-order valence-electron chi connectivity index (χ0n) is 10.3. The van der Waals surface area contributed by atoms with Gasteiger partial charge in [0.15, 0.2) is 5.13 Å². The van der Waals surface area contributed by atoms with E-state index in [1.165, 1.54) is 17.4 Å². The number of anilines is 2. The van der Waals surface area contributed by atoms with Crippen LogP contribution in [0.4, 0.5) is 15.2 Å². The highest BCUT2D eigenvalue weighted by molar-refractivity contribution is 7.15. The van der Waals surface area contributed by atoms with Crippen molar-refractivity contribution in [3.63, 3.8) is 0 Å². The van der Waals surface area contributed by atoms with Crippen LogP contribution in [0.25, 0.3) is 0 Å². The lowest BCUT2D eigenvalue weighted by atomic mass is 10.3. The molecule has 0 aliphatic rings. The van der Waals surface area contributed by atoms with E-state index in [0.717, 1.165) is 4.88 Å². The van der Waals surface area contributed by atoms with Crippen LogP contribution < -0.4 is 4.90 Å². The molecule has 0 radical (unpaired) electrons. The average molecular weight is 266 g/mol. The Kier molecular flexibility index (Phi) is 3.93. The maximum Gasteiger partial charge on any atom is 0.190 e. The molecule has 1 atom stereocenters. The van der Waals surface area contributed by atoms with E-state index in [4.69, 9.17) is 0 Å². The smallest absolute Gasteiger partial charge is 0.190 e. The lowest BCUT2D eigenvalue weighted by Crippen LogP contribution is -2.16. The van der Waals surface area contributed by atoms with Crippen LogP contribution in [-0.4, -0.2) is 16.6 Å². The zero-order chi connectivity index (χ0) is 13.1.